The zero-order valence-corrected chi connectivity index (χ0v) is 23.5. The van der Waals surface area contributed by atoms with Gasteiger partial charge in [-0.05, 0) is 55.3 Å². The Balaban J connectivity index is 1.37. The number of amides is 1. The number of piperazine rings is 1. The van der Waals surface area contributed by atoms with E-state index >= 15 is 0 Å². The molecule has 0 spiro atoms. The molecular weight excluding hydrogens is 560 g/mol. The largest absolute Gasteiger partial charge is 0.304 e. The molecule has 36 heavy (non-hydrogen) atoms. The van der Waals surface area contributed by atoms with Crippen molar-refractivity contribution >= 4 is 58.5 Å². The van der Waals surface area contributed by atoms with Crippen molar-refractivity contribution in [2.24, 2.45) is 5.92 Å². The Bertz CT molecular complexity index is 1330. The minimum absolute atomic E-state index is 0.0882. The number of aromatic nitrogens is 1. The molecule has 192 valence electrons. The lowest BCUT2D eigenvalue weighted by atomic mass is 9.87. The lowest BCUT2D eigenvalue weighted by Gasteiger charge is -2.31. The fourth-order valence-electron chi connectivity index (χ4n) is 5.17. The maximum atomic E-state index is 13.5. The van der Waals surface area contributed by atoms with E-state index in [-0.39, 0.29) is 16.7 Å². The zero-order valence-electron chi connectivity index (χ0n) is 20.3. The number of halogens is 1. The van der Waals surface area contributed by atoms with Gasteiger partial charge < -0.3 is 10.2 Å². The Morgan fingerprint density at radius 3 is 2.50 bits per heavy atom. The van der Waals surface area contributed by atoms with Gasteiger partial charge in [0.05, 0.1) is 21.0 Å². The van der Waals surface area contributed by atoms with Gasteiger partial charge in [-0.25, -0.2) is 13.4 Å². The average molecular weight is 592 g/mol. The van der Waals surface area contributed by atoms with E-state index in [1.54, 1.807) is 16.4 Å². The summed E-state index contributed by atoms with van der Waals surface area (Å²) < 4.78 is 29.8. The third-order valence-corrected chi connectivity index (χ3v) is 10.7. The van der Waals surface area contributed by atoms with Crippen molar-refractivity contribution in [3.63, 3.8) is 0 Å². The predicted molar refractivity (Wildman–Crippen MR) is 148 cm³/mol. The first-order valence-corrected chi connectivity index (χ1v) is 15.5. The van der Waals surface area contributed by atoms with Gasteiger partial charge in [-0.2, -0.15) is 4.31 Å². The number of anilines is 1. The normalized spacial score (nSPS) is 19.1. The molecule has 2 aliphatic rings. The van der Waals surface area contributed by atoms with Gasteiger partial charge in [0.2, 0.25) is 15.9 Å². The van der Waals surface area contributed by atoms with Crippen LogP contribution in [0.2, 0.25) is 0 Å². The first-order chi connectivity index (χ1) is 17.3. The second-order valence-corrected chi connectivity index (χ2v) is 13.7. The highest BCUT2D eigenvalue weighted by molar-refractivity contribution is 9.10. The lowest BCUT2D eigenvalue weighted by molar-refractivity contribution is -0.118. The molecule has 0 bridgehead atoms. The number of sulfonamides is 1. The second-order valence-electron chi connectivity index (χ2n) is 9.84. The summed E-state index contributed by atoms with van der Waals surface area (Å²) in [5, 5.41) is 3.63. The number of nitrogens with one attached hydrogen (secondary N) is 1. The van der Waals surface area contributed by atoms with E-state index in [4.69, 9.17) is 0 Å². The molecule has 2 fully saturated rings. The van der Waals surface area contributed by atoms with Crippen molar-refractivity contribution in [3.8, 4) is 0 Å². The summed E-state index contributed by atoms with van der Waals surface area (Å²) in [5.74, 6) is 0.0581. The molecule has 5 rings (SSSR count). The molecule has 2 aromatic carbocycles. The predicted octanol–water partition coefficient (Wildman–Crippen LogP) is 5.30. The maximum absolute atomic E-state index is 13.5. The molecule has 1 saturated heterocycles. The minimum atomic E-state index is -3.54. The van der Waals surface area contributed by atoms with E-state index < -0.39 is 10.0 Å². The number of likely N-dealkylation sites (N-methyl/N-ethyl adjacent to an activating group) is 1. The molecule has 1 aliphatic heterocycles. The third kappa shape index (κ3) is 5.67. The van der Waals surface area contributed by atoms with Crippen LogP contribution < -0.4 is 5.32 Å². The number of carbonyl (C=O) groups excluding carboxylic acids is 1. The van der Waals surface area contributed by atoms with Crippen LogP contribution in [0.1, 0.15) is 43.6 Å². The van der Waals surface area contributed by atoms with Gasteiger partial charge in [-0.15, -0.1) is 0 Å². The number of rotatable bonds is 7. The summed E-state index contributed by atoms with van der Waals surface area (Å²) in [4.78, 5) is 20.5. The summed E-state index contributed by atoms with van der Waals surface area (Å²) in [7, 11) is -1.54. The van der Waals surface area contributed by atoms with E-state index in [2.05, 4.69) is 31.1 Å². The zero-order chi connectivity index (χ0) is 25.3. The van der Waals surface area contributed by atoms with E-state index in [9.17, 15) is 13.2 Å². The SMILES string of the molecule is CN1CCN(S(=O)(=O)c2ccc(C(CC3CCCC3)C(=O)Nc3nc4ccc(Br)cc4s3)cc2)CC1. The smallest absolute Gasteiger partial charge is 0.243 e. The van der Waals surface area contributed by atoms with Crippen molar-refractivity contribution in [1.29, 1.82) is 0 Å². The standard InChI is InChI=1S/C26H31BrN4O3S2/c1-30-12-14-31(15-13-30)36(33,34)21-9-6-19(7-10-21)22(16-18-4-2-3-5-18)25(32)29-26-28-23-11-8-20(27)17-24(23)35-26/h6-11,17-18,22H,2-5,12-16H2,1H3,(H,28,29,32). The molecule has 1 saturated carbocycles. The lowest BCUT2D eigenvalue weighted by Crippen LogP contribution is -2.47. The molecule has 1 aromatic heterocycles. The number of thiazole rings is 1. The topological polar surface area (TPSA) is 82.6 Å². The summed E-state index contributed by atoms with van der Waals surface area (Å²) in [6.07, 6.45) is 5.43. The Morgan fingerprint density at radius 1 is 1.11 bits per heavy atom. The summed E-state index contributed by atoms with van der Waals surface area (Å²) >= 11 is 4.94. The van der Waals surface area contributed by atoms with Crippen molar-refractivity contribution in [3.05, 3.63) is 52.5 Å². The number of hydrogen-bond acceptors (Lipinski definition) is 6. The van der Waals surface area contributed by atoms with Gasteiger partial charge in [0, 0.05) is 30.7 Å². The van der Waals surface area contributed by atoms with E-state index in [1.807, 2.05) is 37.4 Å². The molecule has 7 nitrogen and oxygen atoms in total. The number of benzene rings is 2. The Hall–Kier alpha value is -1.85. The van der Waals surface area contributed by atoms with Crippen LogP contribution in [0.5, 0.6) is 0 Å². The van der Waals surface area contributed by atoms with Crippen LogP contribution in [-0.4, -0.2) is 61.7 Å². The number of carbonyl (C=O) groups is 1. The van der Waals surface area contributed by atoms with Crippen molar-refractivity contribution in [2.45, 2.75) is 42.9 Å². The van der Waals surface area contributed by atoms with Crippen LogP contribution in [-0.2, 0) is 14.8 Å². The van der Waals surface area contributed by atoms with Crippen LogP contribution in [0.15, 0.2) is 51.8 Å². The number of fused-ring (bicyclic) bond motifs is 1. The van der Waals surface area contributed by atoms with Gasteiger partial charge >= 0.3 is 0 Å². The van der Waals surface area contributed by atoms with Gasteiger partial charge in [-0.1, -0.05) is 65.1 Å². The van der Waals surface area contributed by atoms with Crippen LogP contribution in [0, 0.1) is 5.92 Å². The maximum Gasteiger partial charge on any atom is 0.243 e. The molecule has 10 heteroatoms. The Morgan fingerprint density at radius 2 is 1.81 bits per heavy atom. The Kier molecular flexibility index (Phi) is 7.78. The van der Waals surface area contributed by atoms with E-state index in [0.717, 1.165) is 52.6 Å². The molecule has 1 unspecified atom stereocenters. The minimum Gasteiger partial charge on any atom is -0.304 e. The first kappa shape index (κ1) is 25.8. The molecule has 2 heterocycles. The first-order valence-electron chi connectivity index (χ1n) is 12.5. The second kappa shape index (κ2) is 10.9. The molecular formula is C26H31BrN4O3S2. The van der Waals surface area contributed by atoms with Crippen molar-refractivity contribution < 1.29 is 13.2 Å². The van der Waals surface area contributed by atoms with Crippen LogP contribution >= 0.6 is 27.3 Å². The average Bonchev–Trinajstić information content (AvgIpc) is 3.52. The van der Waals surface area contributed by atoms with Crippen LogP contribution in [0.4, 0.5) is 5.13 Å². The summed E-state index contributed by atoms with van der Waals surface area (Å²) in [5.41, 5.74) is 1.70. The molecule has 1 atom stereocenters. The van der Waals surface area contributed by atoms with Crippen molar-refractivity contribution in [1.82, 2.24) is 14.2 Å². The van der Waals surface area contributed by atoms with Gasteiger partial charge in [0.15, 0.2) is 5.13 Å². The molecule has 1 amide bonds. The molecule has 1 N–H and O–H groups in total. The van der Waals surface area contributed by atoms with Crippen molar-refractivity contribution in [2.75, 3.05) is 38.5 Å². The third-order valence-electron chi connectivity index (χ3n) is 7.32. The van der Waals surface area contributed by atoms with E-state index in [0.29, 0.717) is 24.1 Å². The monoisotopic (exact) mass is 590 g/mol. The van der Waals surface area contributed by atoms with E-state index in [1.165, 1.54) is 24.2 Å². The summed E-state index contributed by atoms with van der Waals surface area (Å²) in [6.45, 7) is 2.44. The van der Waals surface area contributed by atoms with Gasteiger partial charge in [0.25, 0.3) is 0 Å². The highest BCUT2D eigenvalue weighted by Crippen LogP contribution is 2.36. The quantitative estimate of drug-likeness (QED) is 0.404. The van der Waals surface area contributed by atoms with Crippen LogP contribution in [0.3, 0.4) is 0 Å². The fourth-order valence-corrected chi connectivity index (χ4v) is 8.01. The summed E-state index contributed by atoms with van der Waals surface area (Å²) in [6, 6.07) is 12.8. The number of hydrogen-bond donors (Lipinski definition) is 1. The van der Waals surface area contributed by atoms with Crippen LogP contribution in [0.25, 0.3) is 10.2 Å². The van der Waals surface area contributed by atoms with Gasteiger partial charge in [0.1, 0.15) is 0 Å². The molecule has 3 aromatic rings. The van der Waals surface area contributed by atoms with Gasteiger partial charge in [-0.3, -0.25) is 4.79 Å². The fraction of sp³-hybridized carbons (Fsp3) is 0.462. The molecule has 0 radical (unpaired) electrons. The Labute approximate surface area is 225 Å². The highest BCUT2D eigenvalue weighted by Gasteiger charge is 2.30. The highest BCUT2D eigenvalue weighted by atomic mass is 79.9. The number of nitrogens with zero attached hydrogens (tertiary/aromatic N) is 3. The molecule has 1 aliphatic carbocycles.